The Kier molecular flexibility index (Phi) is 4.65. The van der Waals surface area contributed by atoms with Crippen LogP contribution in [0.5, 0.6) is 5.75 Å². The molecule has 1 amide bonds. The molecule has 0 radical (unpaired) electrons. The predicted molar refractivity (Wildman–Crippen MR) is 101 cm³/mol. The van der Waals surface area contributed by atoms with Gasteiger partial charge in [0.25, 0.3) is 5.91 Å². The fourth-order valence-electron chi connectivity index (χ4n) is 4.49. The zero-order chi connectivity index (χ0) is 19.0. The summed E-state index contributed by atoms with van der Waals surface area (Å²) in [5, 5.41) is 27.2. The number of aromatic nitrogens is 2. The number of hydrogen-bond acceptors (Lipinski definition) is 5. The number of carbonyl (C=O) groups excluding carboxylic acids is 1. The molecule has 2 aliphatic heterocycles. The van der Waals surface area contributed by atoms with Crippen molar-refractivity contribution in [2.75, 3.05) is 33.2 Å². The number of hydrogen-bond donors (Lipinski definition) is 3. The van der Waals surface area contributed by atoms with E-state index in [-0.39, 0.29) is 23.2 Å². The van der Waals surface area contributed by atoms with Gasteiger partial charge >= 0.3 is 0 Å². The van der Waals surface area contributed by atoms with E-state index in [1.54, 1.807) is 30.3 Å². The summed E-state index contributed by atoms with van der Waals surface area (Å²) in [6.07, 6.45) is 2.24. The van der Waals surface area contributed by atoms with E-state index < -0.39 is 0 Å². The number of nitrogens with zero attached hydrogens (tertiary/aromatic N) is 3. The van der Waals surface area contributed by atoms with Crippen molar-refractivity contribution < 1.29 is 15.0 Å². The largest absolute Gasteiger partial charge is 0.508 e. The first-order valence-electron chi connectivity index (χ1n) is 9.48. The molecule has 0 bridgehead atoms. The fourth-order valence-corrected chi connectivity index (χ4v) is 4.49. The van der Waals surface area contributed by atoms with Gasteiger partial charge in [0.2, 0.25) is 0 Å². The van der Waals surface area contributed by atoms with E-state index in [0.29, 0.717) is 24.5 Å². The Morgan fingerprint density at radius 1 is 1.26 bits per heavy atom. The van der Waals surface area contributed by atoms with Crippen molar-refractivity contribution in [1.29, 1.82) is 0 Å². The Balaban J connectivity index is 1.52. The zero-order valence-electron chi connectivity index (χ0n) is 15.6. The first-order valence-corrected chi connectivity index (χ1v) is 9.48. The maximum atomic E-state index is 13.0. The van der Waals surface area contributed by atoms with Crippen LogP contribution in [0.2, 0.25) is 0 Å². The van der Waals surface area contributed by atoms with Gasteiger partial charge in [0.05, 0.1) is 11.8 Å². The highest BCUT2D eigenvalue weighted by Crippen LogP contribution is 2.38. The number of likely N-dealkylation sites (tertiary alicyclic amines) is 2. The van der Waals surface area contributed by atoms with Crippen molar-refractivity contribution in [2.24, 2.45) is 5.41 Å². The van der Waals surface area contributed by atoms with Gasteiger partial charge in [-0.3, -0.25) is 9.89 Å². The number of aliphatic hydroxyl groups is 1. The van der Waals surface area contributed by atoms with E-state index in [0.717, 1.165) is 37.9 Å². The second-order valence-corrected chi connectivity index (χ2v) is 7.95. The molecular formula is C20H26N4O3. The summed E-state index contributed by atoms with van der Waals surface area (Å²) in [6.45, 7) is 2.99. The Bertz CT molecular complexity index is 819. The molecule has 0 saturated carbocycles. The van der Waals surface area contributed by atoms with E-state index >= 15 is 0 Å². The molecule has 1 aromatic heterocycles. The van der Waals surface area contributed by atoms with Gasteiger partial charge < -0.3 is 20.0 Å². The van der Waals surface area contributed by atoms with Crippen LogP contribution in [0, 0.1) is 5.41 Å². The minimum Gasteiger partial charge on any atom is -0.508 e. The number of phenols is 1. The normalized spacial score (nSPS) is 26.4. The van der Waals surface area contributed by atoms with E-state index in [4.69, 9.17) is 0 Å². The van der Waals surface area contributed by atoms with Gasteiger partial charge in [0.15, 0.2) is 0 Å². The van der Waals surface area contributed by atoms with Crippen LogP contribution in [-0.2, 0) is 0 Å². The molecule has 0 aliphatic carbocycles. The predicted octanol–water partition coefficient (Wildman–Crippen LogP) is 1.70. The number of aromatic amines is 1. The molecule has 3 N–H and O–H groups in total. The average molecular weight is 370 g/mol. The van der Waals surface area contributed by atoms with Gasteiger partial charge in [-0.25, -0.2) is 0 Å². The molecule has 2 saturated heterocycles. The van der Waals surface area contributed by atoms with Gasteiger partial charge in [0, 0.05) is 37.2 Å². The van der Waals surface area contributed by atoms with Crippen molar-refractivity contribution in [3.05, 3.63) is 36.0 Å². The lowest BCUT2D eigenvalue weighted by atomic mass is 9.71. The smallest absolute Gasteiger partial charge is 0.271 e. The summed E-state index contributed by atoms with van der Waals surface area (Å²) in [4.78, 5) is 17.1. The third-order valence-electron chi connectivity index (χ3n) is 5.94. The van der Waals surface area contributed by atoms with Gasteiger partial charge in [-0.2, -0.15) is 5.10 Å². The van der Waals surface area contributed by atoms with Crippen LogP contribution in [0.1, 0.15) is 29.8 Å². The number of aromatic hydroxyl groups is 1. The molecule has 4 rings (SSSR count). The standard InChI is InChI=1S/C20H26N4O3/c1-23-10-7-18(26)20(12-23)8-2-9-24(13-20)19(27)17-11-16(21-22-17)14-3-5-15(25)6-4-14/h3-6,11,18,25-26H,2,7-10,12-13H2,1H3,(H,21,22)/t18-,20-/m0/s1. The van der Waals surface area contributed by atoms with Crippen LogP contribution in [0.25, 0.3) is 11.3 Å². The highest BCUT2D eigenvalue weighted by molar-refractivity contribution is 5.93. The second kappa shape index (κ2) is 6.98. The highest BCUT2D eigenvalue weighted by atomic mass is 16.3. The monoisotopic (exact) mass is 370 g/mol. The van der Waals surface area contributed by atoms with Gasteiger partial charge in [-0.05, 0) is 56.6 Å². The number of H-pyrrole nitrogens is 1. The molecule has 1 aromatic carbocycles. The van der Waals surface area contributed by atoms with Gasteiger partial charge in [0.1, 0.15) is 11.4 Å². The Morgan fingerprint density at radius 3 is 2.81 bits per heavy atom. The molecule has 3 heterocycles. The van der Waals surface area contributed by atoms with Crippen molar-refractivity contribution >= 4 is 5.91 Å². The molecule has 1 spiro atoms. The molecule has 144 valence electrons. The Hall–Kier alpha value is -2.38. The third-order valence-corrected chi connectivity index (χ3v) is 5.94. The van der Waals surface area contributed by atoms with E-state index in [1.165, 1.54) is 0 Å². The minimum atomic E-state index is -0.362. The SMILES string of the molecule is CN1CC[C@H](O)[C@@]2(CCCN(C(=O)c3cc(-c4ccc(O)cc4)n[nH]3)C2)C1. The van der Waals surface area contributed by atoms with Crippen LogP contribution in [0.4, 0.5) is 0 Å². The summed E-state index contributed by atoms with van der Waals surface area (Å²) in [5.41, 5.74) is 1.72. The molecule has 7 nitrogen and oxygen atoms in total. The van der Waals surface area contributed by atoms with E-state index in [9.17, 15) is 15.0 Å². The second-order valence-electron chi connectivity index (χ2n) is 7.95. The van der Waals surface area contributed by atoms with Crippen molar-refractivity contribution in [3.63, 3.8) is 0 Å². The lowest BCUT2D eigenvalue weighted by molar-refractivity contribution is -0.0731. The molecule has 2 atom stereocenters. The summed E-state index contributed by atoms with van der Waals surface area (Å²) < 4.78 is 0. The minimum absolute atomic E-state index is 0.0768. The Morgan fingerprint density at radius 2 is 2.04 bits per heavy atom. The number of piperidine rings is 2. The molecular weight excluding hydrogens is 344 g/mol. The molecule has 27 heavy (non-hydrogen) atoms. The summed E-state index contributed by atoms with van der Waals surface area (Å²) in [7, 11) is 2.08. The molecule has 0 unspecified atom stereocenters. The number of carbonyl (C=O) groups is 1. The number of aliphatic hydroxyl groups excluding tert-OH is 1. The first-order chi connectivity index (χ1) is 13.0. The molecule has 7 heteroatoms. The first kappa shape index (κ1) is 18.0. The lowest BCUT2D eigenvalue weighted by Crippen LogP contribution is -2.59. The van der Waals surface area contributed by atoms with Crippen molar-refractivity contribution in [2.45, 2.75) is 25.4 Å². The van der Waals surface area contributed by atoms with Crippen molar-refractivity contribution in [1.82, 2.24) is 20.0 Å². The van der Waals surface area contributed by atoms with Gasteiger partial charge in [-0.15, -0.1) is 0 Å². The van der Waals surface area contributed by atoms with E-state index in [1.807, 2.05) is 4.90 Å². The Labute approximate surface area is 158 Å². The summed E-state index contributed by atoms with van der Waals surface area (Å²) >= 11 is 0. The quantitative estimate of drug-likeness (QED) is 0.748. The van der Waals surface area contributed by atoms with Crippen LogP contribution in [0.3, 0.4) is 0 Å². The number of phenolic OH excluding ortho intramolecular Hbond substituents is 1. The zero-order valence-corrected chi connectivity index (χ0v) is 15.6. The number of amides is 1. The van der Waals surface area contributed by atoms with Crippen LogP contribution >= 0.6 is 0 Å². The third kappa shape index (κ3) is 3.44. The fraction of sp³-hybridized carbons (Fsp3) is 0.500. The maximum absolute atomic E-state index is 13.0. The average Bonchev–Trinajstić information content (AvgIpc) is 3.15. The maximum Gasteiger partial charge on any atom is 0.271 e. The topological polar surface area (TPSA) is 92.7 Å². The number of rotatable bonds is 2. The van der Waals surface area contributed by atoms with Crippen LogP contribution in [0.15, 0.2) is 30.3 Å². The van der Waals surface area contributed by atoms with Crippen molar-refractivity contribution in [3.8, 4) is 17.0 Å². The number of benzene rings is 1. The van der Waals surface area contributed by atoms with E-state index in [2.05, 4.69) is 22.1 Å². The van der Waals surface area contributed by atoms with Crippen LogP contribution < -0.4 is 0 Å². The lowest BCUT2D eigenvalue weighted by Gasteiger charge is -2.50. The summed E-state index contributed by atoms with van der Waals surface area (Å²) in [5.74, 6) is 0.118. The van der Waals surface area contributed by atoms with Crippen LogP contribution in [-0.4, -0.2) is 75.4 Å². The molecule has 2 aliphatic rings. The molecule has 2 aromatic rings. The molecule has 2 fully saturated rings. The van der Waals surface area contributed by atoms with Gasteiger partial charge in [-0.1, -0.05) is 0 Å². The highest BCUT2D eigenvalue weighted by Gasteiger charge is 2.45. The summed E-state index contributed by atoms with van der Waals surface area (Å²) in [6, 6.07) is 8.48. The number of nitrogens with one attached hydrogen (secondary N) is 1.